The molecule has 1 heterocycles. The van der Waals surface area contributed by atoms with E-state index in [1.54, 1.807) is 4.57 Å². The lowest BCUT2D eigenvalue weighted by Crippen LogP contribution is -2.33. The summed E-state index contributed by atoms with van der Waals surface area (Å²) in [4.78, 5) is 30.9. The first-order valence-corrected chi connectivity index (χ1v) is 11.8. The number of carboxylic acid groups (broad SMARTS) is 1. The summed E-state index contributed by atoms with van der Waals surface area (Å²) in [6, 6.07) is 27.0. The second kappa shape index (κ2) is 10.8. The predicted molar refractivity (Wildman–Crippen MR) is 132 cm³/mol. The molecule has 0 aliphatic heterocycles. The summed E-state index contributed by atoms with van der Waals surface area (Å²) >= 11 is 1.52. The molecule has 0 unspecified atom stereocenters. The number of hydrogen-bond acceptors (Lipinski definition) is 4. The molecule has 0 saturated heterocycles. The van der Waals surface area contributed by atoms with Crippen molar-refractivity contribution >= 4 is 40.4 Å². The Hall–Kier alpha value is -3.58. The van der Waals surface area contributed by atoms with Crippen LogP contribution in [0.25, 0.3) is 11.0 Å². The third-order valence-electron chi connectivity index (χ3n) is 5.24. The summed E-state index contributed by atoms with van der Waals surface area (Å²) in [7, 11) is 0. The molecule has 4 rings (SSSR count). The second-order valence-electron chi connectivity index (χ2n) is 7.61. The molecular weight excluding hydrogens is 434 g/mol. The first-order chi connectivity index (χ1) is 16.1. The van der Waals surface area contributed by atoms with Crippen LogP contribution in [0.5, 0.6) is 0 Å². The Bertz CT molecular complexity index is 1230. The quantitative estimate of drug-likeness (QED) is 0.270. The minimum absolute atomic E-state index is 0.0514. The van der Waals surface area contributed by atoms with Gasteiger partial charge in [0, 0.05) is 18.0 Å². The van der Waals surface area contributed by atoms with Crippen LogP contribution in [0.4, 0.5) is 5.69 Å². The molecule has 1 aromatic heterocycles. The smallest absolute Gasteiger partial charge is 0.323 e. The van der Waals surface area contributed by atoms with Crippen molar-refractivity contribution in [1.29, 1.82) is 0 Å². The van der Waals surface area contributed by atoms with Crippen LogP contribution in [0, 0.1) is 0 Å². The lowest BCUT2D eigenvalue weighted by Gasteiger charge is -2.23. The molecule has 3 aromatic carbocycles. The molecule has 1 amide bonds. The van der Waals surface area contributed by atoms with E-state index in [2.05, 4.69) is 4.98 Å². The van der Waals surface area contributed by atoms with Crippen LogP contribution in [0.3, 0.4) is 0 Å². The highest BCUT2D eigenvalue weighted by molar-refractivity contribution is 7.99. The molecule has 1 N–H and O–H groups in total. The number of aromatic nitrogens is 2. The molecule has 0 aliphatic carbocycles. The van der Waals surface area contributed by atoms with E-state index in [0.29, 0.717) is 23.9 Å². The van der Waals surface area contributed by atoms with E-state index < -0.39 is 5.97 Å². The maximum absolute atomic E-state index is 13.1. The standard InChI is InChI=1S/C26H25N3O3S/c30-24(18-20-10-3-1-4-11-20)28(21-12-5-2-6-13-21)16-9-17-33-26-27-22-14-7-8-15-23(22)29(26)19-25(31)32/h1-8,10-15H,9,16-19H2,(H,31,32). The fourth-order valence-electron chi connectivity index (χ4n) is 3.71. The first-order valence-electron chi connectivity index (χ1n) is 10.8. The zero-order chi connectivity index (χ0) is 23.0. The number of anilines is 1. The number of hydrogen-bond donors (Lipinski definition) is 1. The lowest BCUT2D eigenvalue weighted by atomic mass is 10.1. The SMILES string of the molecule is O=C(O)Cn1c(SCCCN(C(=O)Cc2ccccc2)c2ccccc2)nc2ccccc21. The number of nitrogens with zero attached hydrogens (tertiary/aromatic N) is 3. The van der Waals surface area contributed by atoms with Gasteiger partial charge in [-0.1, -0.05) is 72.4 Å². The molecule has 4 aromatic rings. The maximum atomic E-state index is 13.1. The number of aliphatic carboxylic acids is 1. The molecular formula is C26H25N3O3S. The van der Waals surface area contributed by atoms with Crippen molar-refractivity contribution in [3.8, 4) is 0 Å². The third-order valence-corrected chi connectivity index (χ3v) is 6.30. The zero-order valence-electron chi connectivity index (χ0n) is 18.1. The highest BCUT2D eigenvalue weighted by Crippen LogP contribution is 2.25. The number of carbonyl (C=O) groups excluding carboxylic acids is 1. The monoisotopic (exact) mass is 459 g/mol. The van der Waals surface area contributed by atoms with Gasteiger partial charge in [-0.05, 0) is 36.2 Å². The minimum Gasteiger partial charge on any atom is -0.480 e. The highest BCUT2D eigenvalue weighted by Gasteiger charge is 2.17. The average molecular weight is 460 g/mol. The van der Waals surface area contributed by atoms with Crippen LogP contribution < -0.4 is 4.90 Å². The van der Waals surface area contributed by atoms with Gasteiger partial charge in [0.2, 0.25) is 5.91 Å². The number of carbonyl (C=O) groups is 2. The molecule has 0 bridgehead atoms. The molecule has 6 nitrogen and oxygen atoms in total. The van der Waals surface area contributed by atoms with E-state index in [1.807, 2.05) is 89.8 Å². The zero-order valence-corrected chi connectivity index (χ0v) is 18.9. The molecule has 0 saturated carbocycles. The van der Waals surface area contributed by atoms with Crippen molar-refractivity contribution < 1.29 is 14.7 Å². The summed E-state index contributed by atoms with van der Waals surface area (Å²) < 4.78 is 1.73. The molecule has 168 valence electrons. The van der Waals surface area contributed by atoms with Gasteiger partial charge >= 0.3 is 5.97 Å². The Morgan fingerprint density at radius 1 is 0.909 bits per heavy atom. The number of thioether (sulfide) groups is 1. The van der Waals surface area contributed by atoms with Crippen molar-refractivity contribution in [2.24, 2.45) is 0 Å². The fourth-order valence-corrected chi connectivity index (χ4v) is 4.65. The normalized spacial score (nSPS) is 10.9. The van der Waals surface area contributed by atoms with E-state index in [4.69, 9.17) is 0 Å². The molecule has 0 fully saturated rings. The lowest BCUT2D eigenvalue weighted by molar-refractivity contribution is -0.137. The van der Waals surface area contributed by atoms with E-state index in [0.717, 1.165) is 28.7 Å². The van der Waals surface area contributed by atoms with Gasteiger partial charge < -0.3 is 14.6 Å². The van der Waals surface area contributed by atoms with E-state index in [1.165, 1.54) is 11.8 Å². The number of carboxylic acids is 1. The second-order valence-corrected chi connectivity index (χ2v) is 8.67. The van der Waals surface area contributed by atoms with E-state index >= 15 is 0 Å². The van der Waals surface area contributed by atoms with Crippen LogP contribution >= 0.6 is 11.8 Å². The van der Waals surface area contributed by atoms with Crippen molar-refractivity contribution in [3.05, 3.63) is 90.5 Å². The van der Waals surface area contributed by atoms with Crippen molar-refractivity contribution in [1.82, 2.24) is 9.55 Å². The Kier molecular flexibility index (Phi) is 7.42. The molecule has 0 radical (unpaired) electrons. The third kappa shape index (κ3) is 5.81. The molecule has 0 atom stereocenters. The summed E-state index contributed by atoms with van der Waals surface area (Å²) in [6.45, 7) is 0.441. The number of para-hydroxylation sites is 3. The summed E-state index contributed by atoms with van der Waals surface area (Å²) in [5.41, 5.74) is 3.46. The van der Waals surface area contributed by atoms with Gasteiger partial charge in [-0.2, -0.15) is 0 Å². The van der Waals surface area contributed by atoms with Gasteiger partial charge in [0.15, 0.2) is 5.16 Å². The van der Waals surface area contributed by atoms with Crippen molar-refractivity contribution in [3.63, 3.8) is 0 Å². The van der Waals surface area contributed by atoms with Crippen molar-refractivity contribution in [2.75, 3.05) is 17.2 Å². The summed E-state index contributed by atoms with van der Waals surface area (Å²) in [6.07, 6.45) is 1.09. The Balaban J connectivity index is 1.44. The summed E-state index contributed by atoms with van der Waals surface area (Å²) in [5.74, 6) is -0.137. The molecule has 7 heteroatoms. The van der Waals surface area contributed by atoms with Gasteiger partial charge in [-0.15, -0.1) is 0 Å². The van der Waals surface area contributed by atoms with Crippen molar-refractivity contribution in [2.45, 2.75) is 24.5 Å². The number of imidazole rings is 1. The predicted octanol–water partition coefficient (Wildman–Crippen LogP) is 4.88. The first kappa shape index (κ1) is 22.6. The molecule has 0 spiro atoms. The number of fused-ring (bicyclic) bond motifs is 1. The molecule has 33 heavy (non-hydrogen) atoms. The van der Waals surface area contributed by atoms with E-state index in [9.17, 15) is 14.7 Å². The fraction of sp³-hybridized carbons (Fsp3) is 0.192. The maximum Gasteiger partial charge on any atom is 0.323 e. The van der Waals surface area contributed by atoms with Gasteiger partial charge in [0.1, 0.15) is 6.54 Å². The Morgan fingerprint density at radius 3 is 2.30 bits per heavy atom. The van der Waals surface area contributed by atoms with Crippen LogP contribution in [0.1, 0.15) is 12.0 Å². The van der Waals surface area contributed by atoms with Crippen LogP contribution in [-0.4, -0.2) is 38.8 Å². The van der Waals surface area contributed by atoms with E-state index in [-0.39, 0.29) is 12.5 Å². The minimum atomic E-state index is -0.901. The number of benzene rings is 3. The highest BCUT2D eigenvalue weighted by atomic mass is 32.2. The number of rotatable bonds is 10. The van der Waals surface area contributed by atoms with Gasteiger partial charge in [0.25, 0.3) is 0 Å². The van der Waals surface area contributed by atoms with Crippen LogP contribution in [0.15, 0.2) is 90.1 Å². The van der Waals surface area contributed by atoms with Crippen LogP contribution in [0.2, 0.25) is 0 Å². The summed E-state index contributed by atoms with van der Waals surface area (Å²) in [5, 5.41) is 10.0. The van der Waals surface area contributed by atoms with Gasteiger partial charge in [0.05, 0.1) is 17.5 Å². The number of amides is 1. The Morgan fingerprint density at radius 2 is 1.58 bits per heavy atom. The molecule has 0 aliphatic rings. The van der Waals surface area contributed by atoms with Gasteiger partial charge in [-0.25, -0.2) is 4.98 Å². The average Bonchev–Trinajstić information content (AvgIpc) is 3.17. The largest absolute Gasteiger partial charge is 0.480 e. The Labute approximate surface area is 196 Å². The van der Waals surface area contributed by atoms with Gasteiger partial charge in [-0.3, -0.25) is 9.59 Å². The topological polar surface area (TPSA) is 75.4 Å². The van der Waals surface area contributed by atoms with Crippen LogP contribution in [-0.2, 0) is 22.6 Å².